The number of benzene rings is 1. The average Bonchev–Trinajstić information content (AvgIpc) is 2.46. The predicted molar refractivity (Wildman–Crippen MR) is 71.9 cm³/mol. The summed E-state index contributed by atoms with van der Waals surface area (Å²) in [5, 5.41) is 9.76. The van der Waals surface area contributed by atoms with Crippen molar-refractivity contribution in [2.45, 2.75) is 0 Å². The van der Waals surface area contributed by atoms with Crippen LogP contribution in [0.1, 0.15) is 10.4 Å². The molecule has 0 aliphatic heterocycles. The van der Waals surface area contributed by atoms with Crippen molar-refractivity contribution >= 4 is 16.9 Å². The minimum Gasteiger partial charge on any atom is -0.478 e. The Bertz CT molecular complexity index is 801. The summed E-state index contributed by atoms with van der Waals surface area (Å²) >= 11 is 0. The first-order valence-electron chi connectivity index (χ1n) is 5.89. The maximum absolute atomic E-state index is 12.9. The zero-order valence-electron chi connectivity index (χ0n) is 10.2. The van der Waals surface area contributed by atoms with Crippen molar-refractivity contribution < 1.29 is 14.3 Å². The van der Waals surface area contributed by atoms with Crippen LogP contribution in [-0.4, -0.2) is 21.0 Å². The van der Waals surface area contributed by atoms with Crippen LogP contribution in [0.2, 0.25) is 0 Å². The molecule has 0 unspecified atom stereocenters. The molecule has 98 valence electrons. The van der Waals surface area contributed by atoms with E-state index in [9.17, 15) is 14.3 Å². The molecule has 2 aromatic heterocycles. The maximum atomic E-state index is 12.9. The van der Waals surface area contributed by atoms with Crippen LogP contribution in [-0.2, 0) is 0 Å². The summed E-state index contributed by atoms with van der Waals surface area (Å²) in [7, 11) is 0. The van der Waals surface area contributed by atoms with Crippen LogP contribution in [0.25, 0.3) is 22.2 Å². The van der Waals surface area contributed by atoms with Crippen molar-refractivity contribution in [2.75, 3.05) is 0 Å². The smallest absolute Gasteiger partial charge is 0.336 e. The number of hydrogen-bond donors (Lipinski definition) is 1. The summed E-state index contributed by atoms with van der Waals surface area (Å²) in [6, 6.07) is 8.88. The average molecular weight is 268 g/mol. The van der Waals surface area contributed by atoms with Crippen molar-refractivity contribution in [3.8, 4) is 11.3 Å². The van der Waals surface area contributed by atoms with Gasteiger partial charge in [0.1, 0.15) is 5.82 Å². The fourth-order valence-corrected chi connectivity index (χ4v) is 2.01. The number of aromatic carboxylic acids is 1. The van der Waals surface area contributed by atoms with E-state index in [4.69, 9.17) is 0 Å². The van der Waals surface area contributed by atoms with E-state index in [-0.39, 0.29) is 11.4 Å². The van der Waals surface area contributed by atoms with E-state index in [2.05, 4.69) is 9.97 Å². The first kappa shape index (κ1) is 12.2. The number of pyridine rings is 2. The normalized spacial score (nSPS) is 10.7. The van der Waals surface area contributed by atoms with Crippen molar-refractivity contribution in [3.63, 3.8) is 0 Å². The van der Waals surface area contributed by atoms with Crippen molar-refractivity contribution in [2.24, 2.45) is 0 Å². The number of halogens is 1. The van der Waals surface area contributed by atoms with E-state index in [0.717, 1.165) is 0 Å². The van der Waals surface area contributed by atoms with Crippen LogP contribution < -0.4 is 0 Å². The van der Waals surface area contributed by atoms with E-state index in [1.165, 1.54) is 24.4 Å². The highest BCUT2D eigenvalue weighted by Gasteiger charge is 2.12. The molecule has 20 heavy (non-hydrogen) atoms. The van der Waals surface area contributed by atoms with Gasteiger partial charge in [0.2, 0.25) is 0 Å². The molecule has 5 heteroatoms. The summed E-state index contributed by atoms with van der Waals surface area (Å²) in [6.07, 6.45) is 3.02. The monoisotopic (exact) mass is 268 g/mol. The third-order valence-electron chi connectivity index (χ3n) is 2.98. The van der Waals surface area contributed by atoms with E-state index in [1.54, 1.807) is 24.4 Å². The van der Waals surface area contributed by atoms with Gasteiger partial charge in [0.25, 0.3) is 0 Å². The van der Waals surface area contributed by atoms with Gasteiger partial charge in [0, 0.05) is 23.3 Å². The Labute approximate surface area is 113 Å². The first-order valence-corrected chi connectivity index (χ1v) is 5.89. The summed E-state index contributed by atoms with van der Waals surface area (Å²) in [6.45, 7) is 0. The van der Waals surface area contributed by atoms with Gasteiger partial charge in [-0.3, -0.25) is 4.98 Å². The van der Waals surface area contributed by atoms with Gasteiger partial charge in [0.15, 0.2) is 0 Å². The van der Waals surface area contributed by atoms with Crippen LogP contribution in [0.15, 0.2) is 48.8 Å². The number of rotatable bonds is 2. The van der Waals surface area contributed by atoms with E-state index in [0.29, 0.717) is 22.2 Å². The first-order chi connectivity index (χ1) is 9.65. The maximum Gasteiger partial charge on any atom is 0.336 e. The molecule has 3 aromatic rings. The van der Waals surface area contributed by atoms with Crippen molar-refractivity contribution in [3.05, 3.63) is 60.2 Å². The molecule has 1 N–H and O–H groups in total. The lowest BCUT2D eigenvalue weighted by Crippen LogP contribution is -2.00. The molecule has 0 radical (unpaired) electrons. The third kappa shape index (κ3) is 2.09. The summed E-state index contributed by atoms with van der Waals surface area (Å²) in [5.41, 5.74) is 1.82. The fourth-order valence-electron chi connectivity index (χ4n) is 2.01. The molecule has 3 rings (SSSR count). The zero-order chi connectivity index (χ0) is 14.1. The molecule has 0 aliphatic carbocycles. The van der Waals surface area contributed by atoms with Gasteiger partial charge in [-0.25, -0.2) is 14.2 Å². The molecule has 4 nitrogen and oxygen atoms in total. The highest BCUT2D eigenvalue weighted by molar-refractivity contribution is 6.03. The Morgan fingerprint density at radius 1 is 1.15 bits per heavy atom. The molecule has 0 saturated carbocycles. The molecular weight excluding hydrogens is 259 g/mol. The number of nitrogens with zero attached hydrogens (tertiary/aromatic N) is 2. The summed E-state index contributed by atoms with van der Waals surface area (Å²) in [4.78, 5) is 19.6. The van der Waals surface area contributed by atoms with Gasteiger partial charge < -0.3 is 5.11 Å². The number of carboxylic acid groups (broad SMARTS) is 1. The SMILES string of the molecule is O=C(O)c1cc(-c2ccc(F)cc2)nc2ccncc12. The largest absolute Gasteiger partial charge is 0.478 e. The lowest BCUT2D eigenvalue weighted by atomic mass is 10.1. The minimum atomic E-state index is -1.05. The number of fused-ring (bicyclic) bond motifs is 1. The summed E-state index contributed by atoms with van der Waals surface area (Å²) < 4.78 is 12.9. The Balaban J connectivity index is 2.27. The molecule has 0 aliphatic rings. The van der Waals surface area contributed by atoms with Gasteiger partial charge in [0.05, 0.1) is 16.8 Å². The van der Waals surface area contributed by atoms with Crippen molar-refractivity contribution in [1.29, 1.82) is 0 Å². The molecule has 0 bridgehead atoms. The van der Waals surface area contributed by atoms with E-state index >= 15 is 0 Å². The van der Waals surface area contributed by atoms with Gasteiger partial charge >= 0.3 is 5.97 Å². The molecule has 0 amide bonds. The van der Waals surface area contributed by atoms with Gasteiger partial charge in [-0.05, 0) is 36.4 Å². The number of carbonyl (C=O) groups is 1. The third-order valence-corrected chi connectivity index (χ3v) is 2.98. The van der Waals surface area contributed by atoms with Crippen LogP contribution >= 0.6 is 0 Å². The number of hydrogen-bond acceptors (Lipinski definition) is 3. The second-order valence-corrected chi connectivity index (χ2v) is 4.26. The predicted octanol–water partition coefficient (Wildman–Crippen LogP) is 3.13. The summed E-state index contributed by atoms with van der Waals surface area (Å²) in [5.74, 6) is -1.40. The fraction of sp³-hybridized carbons (Fsp3) is 0. The second kappa shape index (κ2) is 4.70. The zero-order valence-corrected chi connectivity index (χ0v) is 10.2. The van der Waals surface area contributed by atoms with Gasteiger partial charge in [-0.1, -0.05) is 0 Å². The highest BCUT2D eigenvalue weighted by Crippen LogP contribution is 2.24. The van der Waals surface area contributed by atoms with Crippen LogP contribution in [0, 0.1) is 5.82 Å². The molecule has 1 aromatic carbocycles. The second-order valence-electron chi connectivity index (χ2n) is 4.26. The number of aromatic nitrogens is 2. The topological polar surface area (TPSA) is 63.1 Å². The van der Waals surface area contributed by atoms with Gasteiger partial charge in [-0.2, -0.15) is 0 Å². The highest BCUT2D eigenvalue weighted by atomic mass is 19.1. The molecule has 0 atom stereocenters. The van der Waals surface area contributed by atoms with Crippen LogP contribution in [0.3, 0.4) is 0 Å². The Hall–Kier alpha value is -2.82. The minimum absolute atomic E-state index is 0.127. The lowest BCUT2D eigenvalue weighted by Gasteiger charge is -2.06. The molecule has 0 spiro atoms. The molecule has 2 heterocycles. The quantitative estimate of drug-likeness (QED) is 0.775. The van der Waals surface area contributed by atoms with E-state index in [1.807, 2.05) is 0 Å². The Morgan fingerprint density at radius 2 is 1.90 bits per heavy atom. The molecular formula is C15H9FN2O2. The molecule has 0 fully saturated rings. The van der Waals surface area contributed by atoms with Crippen LogP contribution in [0.4, 0.5) is 4.39 Å². The van der Waals surface area contributed by atoms with E-state index < -0.39 is 5.97 Å². The molecule has 0 saturated heterocycles. The lowest BCUT2D eigenvalue weighted by molar-refractivity contribution is 0.0699. The number of carboxylic acids is 1. The Morgan fingerprint density at radius 3 is 2.60 bits per heavy atom. The van der Waals surface area contributed by atoms with Crippen LogP contribution in [0.5, 0.6) is 0 Å². The van der Waals surface area contributed by atoms with Crippen molar-refractivity contribution in [1.82, 2.24) is 9.97 Å². The Kier molecular flexibility index (Phi) is 2.87. The standard InChI is InChI=1S/C15H9FN2O2/c16-10-3-1-9(2-4-10)14-7-11(15(19)20)12-8-17-6-5-13(12)18-14/h1-8H,(H,19,20). The van der Waals surface area contributed by atoms with Gasteiger partial charge in [-0.15, -0.1) is 0 Å².